The summed E-state index contributed by atoms with van der Waals surface area (Å²) < 4.78 is 5.29. The smallest absolute Gasteiger partial charge is 0.221 e. The highest BCUT2D eigenvalue weighted by molar-refractivity contribution is 5.73. The van der Waals surface area contributed by atoms with Crippen LogP contribution in [-0.2, 0) is 0 Å². The predicted octanol–water partition coefficient (Wildman–Crippen LogP) is 2.64. The number of pyridine rings is 2. The molecule has 0 aliphatic carbocycles. The second-order valence-corrected chi connectivity index (χ2v) is 3.99. The number of rotatable bonds is 2. The molecule has 0 amide bonds. The first-order chi connectivity index (χ1) is 8.67. The van der Waals surface area contributed by atoms with Gasteiger partial charge in [0.1, 0.15) is 11.8 Å². The quantitative estimate of drug-likeness (QED) is 0.808. The van der Waals surface area contributed by atoms with Crippen LogP contribution in [0.2, 0.25) is 0 Å². The molecule has 0 aliphatic rings. The highest BCUT2D eigenvalue weighted by Gasteiger charge is 2.13. The summed E-state index contributed by atoms with van der Waals surface area (Å²) in [6.45, 7) is 4.01. The topological polar surface area (TPSA) is 58.8 Å². The van der Waals surface area contributed by atoms with Crippen molar-refractivity contribution in [2.45, 2.75) is 13.8 Å². The summed E-state index contributed by atoms with van der Waals surface area (Å²) in [6.07, 6.45) is 3.40. The van der Waals surface area contributed by atoms with E-state index in [0.29, 0.717) is 11.6 Å². The minimum absolute atomic E-state index is 0.385. The third-order valence-corrected chi connectivity index (χ3v) is 2.91. The van der Waals surface area contributed by atoms with Crippen molar-refractivity contribution in [2.24, 2.45) is 0 Å². The molecular formula is C14H13N3O. The summed E-state index contributed by atoms with van der Waals surface area (Å²) in [6, 6.07) is 5.63. The maximum atomic E-state index is 8.90. The number of ether oxygens (including phenoxy) is 1. The highest BCUT2D eigenvalue weighted by atomic mass is 16.5. The number of nitrogens with zero attached hydrogens (tertiary/aromatic N) is 3. The van der Waals surface area contributed by atoms with Gasteiger partial charge in [0.05, 0.1) is 7.11 Å². The maximum Gasteiger partial charge on any atom is 0.221 e. The van der Waals surface area contributed by atoms with Crippen molar-refractivity contribution in [3.63, 3.8) is 0 Å². The monoisotopic (exact) mass is 239 g/mol. The molecule has 0 saturated carbocycles. The Hall–Kier alpha value is -2.41. The van der Waals surface area contributed by atoms with Gasteiger partial charge in [-0.15, -0.1) is 0 Å². The van der Waals surface area contributed by atoms with E-state index in [1.165, 1.54) is 0 Å². The van der Waals surface area contributed by atoms with E-state index in [1.54, 1.807) is 25.6 Å². The molecule has 4 heteroatoms. The lowest BCUT2D eigenvalue weighted by Gasteiger charge is -2.12. The Morgan fingerprint density at radius 2 is 2.06 bits per heavy atom. The standard InChI is InChI=1S/C14H13N3O/c1-9-8-17-14(18-3)13(10(9)2)11-4-5-16-12(6-11)7-15/h4-6,8H,1-3H3. The average Bonchev–Trinajstić information content (AvgIpc) is 2.41. The van der Waals surface area contributed by atoms with E-state index in [9.17, 15) is 0 Å². The molecule has 0 saturated heterocycles. The Morgan fingerprint density at radius 1 is 1.28 bits per heavy atom. The Labute approximate surface area is 106 Å². The molecule has 2 heterocycles. The van der Waals surface area contributed by atoms with E-state index >= 15 is 0 Å². The third kappa shape index (κ3) is 2.03. The van der Waals surface area contributed by atoms with Crippen LogP contribution in [0.1, 0.15) is 16.8 Å². The normalized spacial score (nSPS) is 9.89. The minimum atomic E-state index is 0.385. The summed E-state index contributed by atoms with van der Waals surface area (Å²) in [5.74, 6) is 0.563. The summed E-state index contributed by atoms with van der Waals surface area (Å²) in [5.41, 5.74) is 4.37. The van der Waals surface area contributed by atoms with Crippen LogP contribution in [0.3, 0.4) is 0 Å². The Kier molecular flexibility index (Phi) is 3.24. The molecule has 90 valence electrons. The summed E-state index contributed by atoms with van der Waals surface area (Å²) in [7, 11) is 1.59. The van der Waals surface area contributed by atoms with E-state index in [0.717, 1.165) is 22.3 Å². The molecule has 0 aliphatic heterocycles. The molecule has 0 unspecified atom stereocenters. The van der Waals surface area contributed by atoms with Gasteiger partial charge in [0.2, 0.25) is 5.88 Å². The average molecular weight is 239 g/mol. The van der Waals surface area contributed by atoms with Crippen LogP contribution in [0, 0.1) is 25.2 Å². The summed E-state index contributed by atoms with van der Waals surface area (Å²) in [4.78, 5) is 8.23. The van der Waals surface area contributed by atoms with Gasteiger partial charge in [-0.1, -0.05) is 0 Å². The molecular weight excluding hydrogens is 226 g/mol. The minimum Gasteiger partial charge on any atom is -0.481 e. The summed E-state index contributed by atoms with van der Waals surface area (Å²) in [5, 5.41) is 8.90. The first kappa shape index (κ1) is 12.1. The Balaban J connectivity index is 2.69. The van der Waals surface area contributed by atoms with E-state index in [-0.39, 0.29) is 0 Å². The van der Waals surface area contributed by atoms with E-state index < -0.39 is 0 Å². The van der Waals surface area contributed by atoms with Gasteiger partial charge < -0.3 is 4.74 Å². The van der Waals surface area contributed by atoms with Crippen LogP contribution in [0.15, 0.2) is 24.5 Å². The molecule has 4 nitrogen and oxygen atoms in total. The maximum absolute atomic E-state index is 8.90. The molecule has 0 radical (unpaired) electrons. The molecule has 0 N–H and O–H groups in total. The van der Waals surface area contributed by atoms with Crippen molar-refractivity contribution >= 4 is 0 Å². The largest absolute Gasteiger partial charge is 0.481 e. The molecule has 0 atom stereocenters. The molecule has 2 rings (SSSR count). The fourth-order valence-electron chi connectivity index (χ4n) is 1.82. The van der Waals surface area contributed by atoms with Crippen molar-refractivity contribution in [1.29, 1.82) is 5.26 Å². The third-order valence-electron chi connectivity index (χ3n) is 2.91. The lowest BCUT2D eigenvalue weighted by molar-refractivity contribution is 0.399. The Bertz CT molecular complexity index is 629. The molecule has 18 heavy (non-hydrogen) atoms. The molecule has 0 bridgehead atoms. The number of nitriles is 1. The fourth-order valence-corrected chi connectivity index (χ4v) is 1.82. The van der Waals surface area contributed by atoms with E-state index in [2.05, 4.69) is 9.97 Å². The SMILES string of the molecule is COc1ncc(C)c(C)c1-c1ccnc(C#N)c1. The van der Waals surface area contributed by atoms with Crippen LogP contribution in [0.5, 0.6) is 5.88 Å². The van der Waals surface area contributed by atoms with Crippen molar-refractivity contribution in [2.75, 3.05) is 7.11 Å². The van der Waals surface area contributed by atoms with Crippen molar-refractivity contribution < 1.29 is 4.74 Å². The van der Waals surface area contributed by atoms with Crippen molar-refractivity contribution in [3.05, 3.63) is 41.3 Å². The fraction of sp³-hybridized carbons (Fsp3) is 0.214. The number of hydrogen-bond donors (Lipinski definition) is 0. The van der Waals surface area contributed by atoms with Crippen LogP contribution in [0.25, 0.3) is 11.1 Å². The first-order valence-electron chi connectivity index (χ1n) is 5.54. The second kappa shape index (κ2) is 4.84. The second-order valence-electron chi connectivity index (χ2n) is 3.99. The number of aromatic nitrogens is 2. The van der Waals surface area contributed by atoms with Crippen LogP contribution in [0.4, 0.5) is 0 Å². The molecule has 2 aromatic heterocycles. The lowest BCUT2D eigenvalue weighted by Crippen LogP contribution is -1.97. The highest BCUT2D eigenvalue weighted by Crippen LogP contribution is 2.32. The van der Waals surface area contributed by atoms with Crippen LogP contribution < -0.4 is 4.74 Å². The predicted molar refractivity (Wildman–Crippen MR) is 68.2 cm³/mol. The molecule has 0 fully saturated rings. The van der Waals surface area contributed by atoms with Gasteiger partial charge in [-0.05, 0) is 42.7 Å². The zero-order valence-corrected chi connectivity index (χ0v) is 10.6. The van der Waals surface area contributed by atoms with Gasteiger partial charge in [0, 0.05) is 18.0 Å². The van der Waals surface area contributed by atoms with Gasteiger partial charge in [-0.2, -0.15) is 5.26 Å². The Morgan fingerprint density at radius 3 is 2.72 bits per heavy atom. The zero-order chi connectivity index (χ0) is 13.1. The number of hydrogen-bond acceptors (Lipinski definition) is 4. The van der Waals surface area contributed by atoms with E-state index in [1.807, 2.05) is 26.0 Å². The van der Waals surface area contributed by atoms with Crippen LogP contribution >= 0.6 is 0 Å². The lowest BCUT2D eigenvalue weighted by atomic mass is 9.99. The first-order valence-corrected chi connectivity index (χ1v) is 5.54. The van der Waals surface area contributed by atoms with Gasteiger partial charge in [-0.3, -0.25) is 0 Å². The van der Waals surface area contributed by atoms with Gasteiger partial charge in [0.15, 0.2) is 0 Å². The van der Waals surface area contributed by atoms with E-state index in [4.69, 9.17) is 10.00 Å². The van der Waals surface area contributed by atoms with Crippen LogP contribution in [-0.4, -0.2) is 17.1 Å². The van der Waals surface area contributed by atoms with Gasteiger partial charge >= 0.3 is 0 Å². The number of aryl methyl sites for hydroxylation is 1. The summed E-state index contributed by atoms with van der Waals surface area (Å²) >= 11 is 0. The molecule has 0 aromatic carbocycles. The number of methoxy groups -OCH3 is 1. The molecule has 2 aromatic rings. The zero-order valence-electron chi connectivity index (χ0n) is 10.6. The van der Waals surface area contributed by atoms with Gasteiger partial charge in [0.25, 0.3) is 0 Å². The van der Waals surface area contributed by atoms with Crippen molar-refractivity contribution in [3.8, 4) is 23.1 Å². The molecule has 0 spiro atoms. The van der Waals surface area contributed by atoms with Gasteiger partial charge in [-0.25, -0.2) is 9.97 Å². The van der Waals surface area contributed by atoms with Crippen molar-refractivity contribution in [1.82, 2.24) is 9.97 Å².